The molecule has 0 spiro atoms. The Labute approximate surface area is 183 Å². The largest absolute Gasteiger partial charge is 0.419 e. The molecule has 2 aromatic carbocycles. The molecule has 0 saturated heterocycles. The van der Waals surface area contributed by atoms with Crippen LogP contribution < -0.4 is 0 Å². The van der Waals surface area contributed by atoms with Crippen molar-refractivity contribution in [1.29, 1.82) is 0 Å². The fourth-order valence-electron chi connectivity index (χ4n) is 2.19. The molecule has 0 aliphatic rings. The maximum Gasteiger partial charge on any atom is 0.419 e. The van der Waals surface area contributed by atoms with Crippen LogP contribution in [0.4, 0.5) is 17.6 Å². The predicted molar refractivity (Wildman–Crippen MR) is 98.7 cm³/mol. The van der Waals surface area contributed by atoms with E-state index in [4.69, 9.17) is 0 Å². The summed E-state index contributed by atoms with van der Waals surface area (Å²) >= 11 is 0. The van der Waals surface area contributed by atoms with E-state index in [1.807, 2.05) is 36.4 Å². The summed E-state index contributed by atoms with van der Waals surface area (Å²) in [6.07, 6.45) is 0.384. The molecule has 4 nitrogen and oxygen atoms in total. The second-order valence-electron chi connectivity index (χ2n) is 5.65. The summed E-state index contributed by atoms with van der Waals surface area (Å²) in [6.45, 7) is 0. The van der Waals surface area contributed by atoms with E-state index < -0.39 is 17.6 Å². The van der Waals surface area contributed by atoms with Crippen molar-refractivity contribution in [1.82, 2.24) is 19.9 Å². The Kier molecular flexibility index (Phi) is 8.26. The third-order valence-electron chi connectivity index (χ3n) is 3.59. The first kappa shape index (κ1) is 23.3. The molecule has 0 bridgehead atoms. The monoisotopic (exact) mass is 590 g/mol. The van der Waals surface area contributed by atoms with Crippen LogP contribution in [0.3, 0.4) is 0 Å². The standard InChI is InChI=1S/C11H5F4N2.C10H8N2.Ir/c12-9-3-1-7(2-4-9)10-16-5-8(6-17-10)11(13,14)15;1-2-5-9(6-3-1)10-11-7-4-8-12-10;/h1,3-6H;1-8H;/q-1;;. The second-order valence-corrected chi connectivity index (χ2v) is 5.65. The fourth-order valence-corrected chi connectivity index (χ4v) is 2.19. The molecule has 0 aliphatic heterocycles. The van der Waals surface area contributed by atoms with E-state index in [0.717, 1.165) is 23.5 Å². The zero-order chi connectivity index (χ0) is 20.7. The van der Waals surface area contributed by atoms with Crippen molar-refractivity contribution in [2.75, 3.05) is 0 Å². The van der Waals surface area contributed by atoms with E-state index in [1.54, 1.807) is 12.4 Å². The minimum Gasteiger partial charge on any atom is -0.285 e. The Hall–Kier alpha value is -3.03. The van der Waals surface area contributed by atoms with E-state index in [-0.39, 0.29) is 25.9 Å². The Morgan fingerprint density at radius 1 is 0.733 bits per heavy atom. The topological polar surface area (TPSA) is 51.6 Å². The first-order chi connectivity index (χ1) is 13.9. The van der Waals surface area contributed by atoms with Crippen molar-refractivity contribution in [2.24, 2.45) is 0 Å². The molecule has 9 heteroatoms. The maximum absolute atomic E-state index is 12.6. The van der Waals surface area contributed by atoms with Gasteiger partial charge in [0.2, 0.25) is 0 Å². The molecule has 0 aliphatic carbocycles. The van der Waals surface area contributed by atoms with Crippen LogP contribution in [-0.4, -0.2) is 19.9 Å². The number of benzene rings is 2. The Bertz CT molecular complexity index is 989. The van der Waals surface area contributed by atoms with Gasteiger partial charge in [-0.3, -0.25) is 14.4 Å². The zero-order valence-corrected chi connectivity index (χ0v) is 17.5. The van der Waals surface area contributed by atoms with Gasteiger partial charge >= 0.3 is 6.18 Å². The van der Waals surface area contributed by atoms with Crippen LogP contribution in [0.25, 0.3) is 22.8 Å². The third-order valence-corrected chi connectivity index (χ3v) is 3.59. The summed E-state index contributed by atoms with van der Waals surface area (Å²) in [6, 6.07) is 17.8. The van der Waals surface area contributed by atoms with Crippen molar-refractivity contribution in [3.8, 4) is 22.8 Å². The molecule has 30 heavy (non-hydrogen) atoms. The van der Waals surface area contributed by atoms with Gasteiger partial charge in [0.15, 0.2) is 5.82 Å². The Balaban J connectivity index is 0.000000218. The van der Waals surface area contributed by atoms with Gasteiger partial charge in [-0.15, -0.1) is 29.8 Å². The molecule has 155 valence electrons. The number of nitrogens with zero attached hydrogens (tertiary/aromatic N) is 4. The molecule has 2 heterocycles. The van der Waals surface area contributed by atoms with Crippen LogP contribution in [0, 0.1) is 11.9 Å². The quantitative estimate of drug-likeness (QED) is 0.237. The number of hydrogen-bond acceptors (Lipinski definition) is 4. The van der Waals surface area contributed by atoms with Crippen LogP contribution >= 0.6 is 0 Å². The molecular formula is C21H13F4IrN4-. The van der Waals surface area contributed by atoms with Gasteiger partial charge in [-0.05, 0) is 6.07 Å². The molecule has 0 N–H and O–H groups in total. The second kappa shape index (κ2) is 10.7. The minimum atomic E-state index is -4.47. The molecule has 0 atom stereocenters. The number of alkyl halides is 3. The number of halogens is 4. The number of rotatable bonds is 2. The van der Waals surface area contributed by atoms with Crippen molar-refractivity contribution < 1.29 is 37.7 Å². The van der Waals surface area contributed by atoms with Crippen LogP contribution in [0.15, 0.2) is 79.4 Å². The summed E-state index contributed by atoms with van der Waals surface area (Å²) in [5, 5.41) is 0. The van der Waals surface area contributed by atoms with E-state index >= 15 is 0 Å². The predicted octanol–water partition coefficient (Wildman–Crippen LogP) is 5.24. The van der Waals surface area contributed by atoms with Crippen molar-refractivity contribution in [3.63, 3.8) is 0 Å². The maximum atomic E-state index is 12.6. The number of aromatic nitrogens is 4. The van der Waals surface area contributed by atoms with Gasteiger partial charge in [-0.2, -0.15) is 13.2 Å². The molecule has 0 saturated carbocycles. The van der Waals surface area contributed by atoms with Gasteiger partial charge in [0.1, 0.15) is 0 Å². The van der Waals surface area contributed by atoms with Gasteiger partial charge < -0.3 is 0 Å². The molecule has 4 rings (SSSR count). The smallest absolute Gasteiger partial charge is 0.285 e. The number of hydrogen-bond donors (Lipinski definition) is 0. The molecular weight excluding hydrogens is 576 g/mol. The molecule has 0 fully saturated rings. The van der Waals surface area contributed by atoms with Crippen LogP contribution in [0.1, 0.15) is 5.56 Å². The Morgan fingerprint density at radius 2 is 1.37 bits per heavy atom. The molecule has 2 aromatic heterocycles. The zero-order valence-electron chi connectivity index (χ0n) is 15.1. The van der Waals surface area contributed by atoms with Crippen LogP contribution in [0.2, 0.25) is 0 Å². The van der Waals surface area contributed by atoms with Gasteiger partial charge in [0, 0.05) is 56.3 Å². The fraction of sp³-hybridized carbons (Fsp3) is 0.0476. The van der Waals surface area contributed by atoms with Crippen molar-refractivity contribution in [3.05, 3.63) is 96.8 Å². The Morgan fingerprint density at radius 3 is 1.90 bits per heavy atom. The molecule has 4 aromatic rings. The summed E-state index contributed by atoms with van der Waals surface area (Å²) in [5.41, 5.74) is 0.460. The average molecular weight is 590 g/mol. The molecule has 0 unspecified atom stereocenters. The van der Waals surface area contributed by atoms with Crippen LogP contribution in [0.5, 0.6) is 0 Å². The minimum absolute atomic E-state index is 0. The van der Waals surface area contributed by atoms with Gasteiger partial charge in [-0.1, -0.05) is 30.3 Å². The summed E-state index contributed by atoms with van der Waals surface area (Å²) in [4.78, 5) is 15.4. The van der Waals surface area contributed by atoms with Crippen LogP contribution in [-0.2, 0) is 26.3 Å². The van der Waals surface area contributed by atoms with Crippen molar-refractivity contribution in [2.45, 2.75) is 6.18 Å². The van der Waals surface area contributed by atoms with E-state index in [1.165, 1.54) is 6.07 Å². The van der Waals surface area contributed by atoms with E-state index in [2.05, 4.69) is 26.0 Å². The average Bonchev–Trinajstić information content (AvgIpc) is 2.76. The van der Waals surface area contributed by atoms with E-state index in [9.17, 15) is 17.6 Å². The molecule has 1 radical (unpaired) electrons. The first-order valence-corrected chi connectivity index (χ1v) is 8.33. The molecule has 0 amide bonds. The summed E-state index contributed by atoms with van der Waals surface area (Å²) in [7, 11) is 0. The SMILES string of the molecule is Fc1c[c-]c(-c2ncc(C(F)(F)F)cn2)cc1.[Ir].c1ccc(-c2ncccn2)cc1. The summed E-state index contributed by atoms with van der Waals surface area (Å²) in [5.74, 6) is 0.358. The van der Waals surface area contributed by atoms with Gasteiger partial charge in [-0.25, -0.2) is 9.97 Å². The summed E-state index contributed by atoms with van der Waals surface area (Å²) < 4.78 is 49.3. The van der Waals surface area contributed by atoms with Gasteiger partial charge in [0.05, 0.1) is 11.4 Å². The van der Waals surface area contributed by atoms with Gasteiger partial charge in [0.25, 0.3) is 0 Å². The normalized spacial score (nSPS) is 10.4. The van der Waals surface area contributed by atoms with E-state index in [0.29, 0.717) is 18.0 Å². The van der Waals surface area contributed by atoms with Crippen molar-refractivity contribution >= 4 is 0 Å². The first-order valence-electron chi connectivity index (χ1n) is 8.33. The third kappa shape index (κ3) is 6.50.